The number of ketones is 1. The molecule has 2 heterocycles. The second kappa shape index (κ2) is 13.8. The molecule has 1 atom stereocenters. The Hall–Kier alpha value is -4.92. The van der Waals surface area contributed by atoms with Gasteiger partial charge in [-0.2, -0.15) is 0 Å². The number of benzene rings is 4. The highest BCUT2D eigenvalue weighted by molar-refractivity contribution is 6.46. The molecule has 0 radical (unpaired) electrons. The second-order valence-electron chi connectivity index (χ2n) is 11.2. The third kappa shape index (κ3) is 7.09. The molecule has 0 bridgehead atoms. The number of Topliss-reactive ketones (excluding diaryl/α,β-unsaturated/α-hetero) is 1. The van der Waals surface area contributed by atoms with Crippen LogP contribution in [0.25, 0.3) is 5.76 Å². The van der Waals surface area contributed by atoms with Crippen LogP contribution in [0.15, 0.2) is 109 Å². The summed E-state index contributed by atoms with van der Waals surface area (Å²) in [7, 11) is 0. The number of rotatable bonds is 10. The lowest BCUT2D eigenvalue weighted by Gasteiger charge is -2.31. The van der Waals surface area contributed by atoms with Crippen molar-refractivity contribution in [2.24, 2.45) is 0 Å². The number of hydrogen-bond donors (Lipinski definition) is 1. The number of likely N-dealkylation sites (tertiary alicyclic amines) is 1. The SMILES string of the molecule is Cc1ccc(COc2ccc(/C(O)=C3\C(=O)C(=O)N(CCN4CCOCC4)C3c3cccc(Oc4ccccc4)c3)cc2)cc1. The summed E-state index contributed by atoms with van der Waals surface area (Å²) in [6, 6.07) is 31.0. The van der Waals surface area contributed by atoms with E-state index in [1.807, 2.05) is 85.8 Å². The molecule has 2 fully saturated rings. The number of para-hydroxylation sites is 1. The molecule has 45 heavy (non-hydrogen) atoms. The Morgan fingerprint density at radius 1 is 0.822 bits per heavy atom. The maximum Gasteiger partial charge on any atom is 0.295 e. The number of aliphatic hydroxyl groups is 1. The Morgan fingerprint density at radius 2 is 1.53 bits per heavy atom. The lowest BCUT2D eigenvalue weighted by molar-refractivity contribution is -0.140. The van der Waals surface area contributed by atoms with Crippen LogP contribution < -0.4 is 9.47 Å². The topological polar surface area (TPSA) is 88.5 Å². The van der Waals surface area contributed by atoms with Gasteiger partial charge in [-0.1, -0.05) is 60.2 Å². The molecule has 6 rings (SSSR count). The van der Waals surface area contributed by atoms with E-state index in [9.17, 15) is 14.7 Å². The van der Waals surface area contributed by atoms with Crippen molar-refractivity contribution in [2.45, 2.75) is 19.6 Å². The van der Waals surface area contributed by atoms with Gasteiger partial charge in [-0.25, -0.2) is 0 Å². The zero-order valence-electron chi connectivity index (χ0n) is 25.2. The Labute approximate surface area is 263 Å². The predicted molar refractivity (Wildman–Crippen MR) is 171 cm³/mol. The van der Waals surface area contributed by atoms with Crippen molar-refractivity contribution in [1.82, 2.24) is 9.80 Å². The number of morpholine rings is 1. The van der Waals surface area contributed by atoms with Crippen LogP contribution in [0, 0.1) is 6.92 Å². The fourth-order valence-corrected chi connectivity index (χ4v) is 5.62. The van der Waals surface area contributed by atoms with E-state index in [1.54, 1.807) is 29.2 Å². The number of carbonyl (C=O) groups is 2. The van der Waals surface area contributed by atoms with E-state index in [4.69, 9.17) is 14.2 Å². The van der Waals surface area contributed by atoms with E-state index >= 15 is 0 Å². The van der Waals surface area contributed by atoms with Crippen molar-refractivity contribution in [3.05, 3.63) is 131 Å². The third-order valence-corrected chi connectivity index (χ3v) is 8.11. The van der Waals surface area contributed by atoms with Gasteiger partial charge in [0.15, 0.2) is 0 Å². The molecule has 2 aliphatic rings. The van der Waals surface area contributed by atoms with E-state index in [2.05, 4.69) is 4.90 Å². The molecule has 1 amide bonds. The summed E-state index contributed by atoms with van der Waals surface area (Å²) >= 11 is 0. The highest BCUT2D eigenvalue weighted by Gasteiger charge is 2.46. The zero-order chi connectivity index (χ0) is 31.2. The second-order valence-corrected chi connectivity index (χ2v) is 11.2. The molecule has 2 saturated heterocycles. The first-order valence-corrected chi connectivity index (χ1v) is 15.2. The smallest absolute Gasteiger partial charge is 0.295 e. The van der Waals surface area contributed by atoms with Gasteiger partial charge < -0.3 is 24.2 Å². The van der Waals surface area contributed by atoms with Crippen molar-refractivity contribution < 1.29 is 28.9 Å². The van der Waals surface area contributed by atoms with Crippen LogP contribution in [0.2, 0.25) is 0 Å². The Kier molecular flexibility index (Phi) is 9.24. The van der Waals surface area contributed by atoms with Crippen molar-refractivity contribution in [3.8, 4) is 17.2 Å². The number of hydrogen-bond acceptors (Lipinski definition) is 7. The van der Waals surface area contributed by atoms with Gasteiger partial charge in [-0.3, -0.25) is 14.5 Å². The Balaban J connectivity index is 1.29. The van der Waals surface area contributed by atoms with Crippen LogP contribution in [0.4, 0.5) is 0 Å². The van der Waals surface area contributed by atoms with E-state index in [-0.39, 0.29) is 11.3 Å². The maximum atomic E-state index is 13.6. The minimum absolute atomic E-state index is 0.0483. The van der Waals surface area contributed by atoms with Crippen molar-refractivity contribution in [1.29, 1.82) is 0 Å². The van der Waals surface area contributed by atoms with E-state index in [0.717, 1.165) is 18.7 Å². The summed E-state index contributed by atoms with van der Waals surface area (Å²) < 4.78 is 17.5. The van der Waals surface area contributed by atoms with Crippen LogP contribution in [0.5, 0.6) is 17.2 Å². The van der Waals surface area contributed by atoms with Crippen LogP contribution in [0.3, 0.4) is 0 Å². The molecule has 2 aliphatic heterocycles. The maximum absolute atomic E-state index is 13.6. The molecule has 0 aliphatic carbocycles. The van der Waals surface area contributed by atoms with Gasteiger partial charge in [0.05, 0.1) is 24.8 Å². The number of aryl methyl sites for hydroxylation is 1. The van der Waals surface area contributed by atoms with Crippen molar-refractivity contribution in [3.63, 3.8) is 0 Å². The quantitative estimate of drug-likeness (QED) is 0.133. The van der Waals surface area contributed by atoms with E-state index < -0.39 is 17.7 Å². The average Bonchev–Trinajstić information content (AvgIpc) is 3.33. The number of amides is 1. The molecule has 4 aromatic carbocycles. The first-order valence-electron chi connectivity index (χ1n) is 15.2. The highest BCUT2D eigenvalue weighted by Crippen LogP contribution is 2.40. The predicted octanol–water partition coefficient (Wildman–Crippen LogP) is 6.12. The largest absolute Gasteiger partial charge is 0.507 e. The molecular weight excluding hydrogens is 568 g/mol. The van der Waals surface area contributed by atoms with Gasteiger partial charge in [0.1, 0.15) is 29.6 Å². The van der Waals surface area contributed by atoms with Crippen LogP contribution >= 0.6 is 0 Å². The minimum Gasteiger partial charge on any atom is -0.507 e. The molecule has 8 nitrogen and oxygen atoms in total. The zero-order valence-corrected chi connectivity index (χ0v) is 25.2. The molecule has 1 N–H and O–H groups in total. The standard InChI is InChI=1S/C37H36N2O6/c1-26-10-12-27(13-11-26)25-44-30-16-14-28(15-17-30)35(40)33-34(29-6-5-9-32(24-29)45-31-7-3-2-4-8-31)39(37(42)36(33)41)19-18-38-20-22-43-23-21-38/h2-17,24,34,40H,18-23,25H2,1H3/b35-33+. The molecule has 0 spiro atoms. The summed E-state index contributed by atoms with van der Waals surface area (Å²) in [5.74, 6) is 0.274. The minimum atomic E-state index is -0.789. The summed E-state index contributed by atoms with van der Waals surface area (Å²) in [5, 5.41) is 11.6. The summed E-state index contributed by atoms with van der Waals surface area (Å²) in [4.78, 5) is 30.9. The number of ether oxygens (including phenoxy) is 3. The monoisotopic (exact) mass is 604 g/mol. The molecule has 0 aromatic heterocycles. The van der Waals surface area contributed by atoms with Crippen molar-refractivity contribution >= 4 is 17.4 Å². The molecule has 8 heteroatoms. The van der Waals surface area contributed by atoms with Gasteiger partial charge in [0, 0.05) is 31.7 Å². The van der Waals surface area contributed by atoms with Gasteiger partial charge >= 0.3 is 0 Å². The summed E-state index contributed by atoms with van der Waals surface area (Å²) in [5.41, 5.74) is 3.37. The summed E-state index contributed by atoms with van der Waals surface area (Å²) in [6.07, 6.45) is 0. The lowest BCUT2D eigenvalue weighted by Crippen LogP contribution is -2.42. The fraction of sp³-hybridized carbons (Fsp3) is 0.243. The molecule has 4 aromatic rings. The number of nitrogens with zero attached hydrogens (tertiary/aromatic N) is 2. The third-order valence-electron chi connectivity index (χ3n) is 8.11. The first kappa shape index (κ1) is 30.1. The lowest BCUT2D eigenvalue weighted by atomic mass is 9.95. The normalized spacial score (nSPS) is 18.2. The summed E-state index contributed by atoms with van der Waals surface area (Å²) in [6.45, 7) is 6.12. The van der Waals surface area contributed by atoms with Gasteiger partial charge in [0.25, 0.3) is 11.7 Å². The van der Waals surface area contributed by atoms with E-state index in [1.165, 1.54) is 5.56 Å². The molecule has 1 unspecified atom stereocenters. The van der Waals surface area contributed by atoms with Gasteiger partial charge in [-0.15, -0.1) is 0 Å². The number of aliphatic hydroxyl groups excluding tert-OH is 1. The molecule has 230 valence electrons. The van der Waals surface area contributed by atoms with Gasteiger partial charge in [-0.05, 0) is 66.6 Å². The average molecular weight is 605 g/mol. The fourth-order valence-electron chi connectivity index (χ4n) is 5.62. The Morgan fingerprint density at radius 3 is 2.27 bits per heavy atom. The van der Waals surface area contributed by atoms with Crippen LogP contribution in [0.1, 0.15) is 28.3 Å². The number of carbonyl (C=O) groups excluding carboxylic acids is 2. The highest BCUT2D eigenvalue weighted by atomic mass is 16.5. The first-order chi connectivity index (χ1) is 22.0. The molecular formula is C37H36N2O6. The van der Waals surface area contributed by atoms with Crippen LogP contribution in [-0.4, -0.2) is 66.0 Å². The van der Waals surface area contributed by atoms with Gasteiger partial charge in [0.2, 0.25) is 0 Å². The van der Waals surface area contributed by atoms with E-state index in [0.29, 0.717) is 61.3 Å². The van der Waals surface area contributed by atoms with Crippen molar-refractivity contribution in [2.75, 3.05) is 39.4 Å². The molecule has 0 saturated carbocycles. The van der Waals surface area contributed by atoms with Crippen LogP contribution in [-0.2, 0) is 20.9 Å². The Bertz CT molecular complexity index is 1660.